The van der Waals surface area contributed by atoms with E-state index in [1.165, 1.54) is 0 Å². The topological polar surface area (TPSA) is 58.6 Å². The van der Waals surface area contributed by atoms with Gasteiger partial charge < -0.3 is 15.2 Å². The van der Waals surface area contributed by atoms with Crippen molar-refractivity contribution in [3.63, 3.8) is 0 Å². The van der Waals surface area contributed by atoms with Gasteiger partial charge >= 0.3 is 5.97 Å². The lowest BCUT2D eigenvalue weighted by molar-refractivity contribution is -0.139. The number of hydrogen-bond donors (Lipinski definition) is 2. The molecule has 0 unspecified atom stereocenters. The lowest BCUT2D eigenvalue weighted by Crippen LogP contribution is -2.29. The van der Waals surface area contributed by atoms with E-state index in [0.29, 0.717) is 22.9 Å². The second-order valence-corrected chi connectivity index (χ2v) is 5.05. The molecule has 108 valence electrons. The van der Waals surface area contributed by atoms with Gasteiger partial charge in [-0.3, -0.25) is 0 Å². The number of aliphatic carboxylic acids is 1. The Morgan fingerprint density at radius 3 is 2.00 bits per heavy atom. The van der Waals surface area contributed by atoms with Gasteiger partial charge in [0.1, 0.15) is 5.75 Å². The number of halogens is 1. The van der Waals surface area contributed by atoms with Gasteiger partial charge in [0.2, 0.25) is 0 Å². The lowest BCUT2D eigenvalue weighted by Gasteiger charge is -2.10. The van der Waals surface area contributed by atoms with Crippen LogP contribution in [0.4, 0.5) is 0 Å². The van der Waals surface area contributed by atoms with Crippen LogP contribution in [0.1, 0.15) is 27.7 Å². The van der Waals surface area contributed by atoms with E-state index in [9.17, 15) is 4.79 Å². The first-order valence-corrected chi connectivity index (χ1v) is 6.55. The van der Waals surface area contributed by atoms with Crippen LogP contribution in [-0.2, 0) is 4.79 Å². The summed E-state index contributed by atoms with van der Waals surface area (Å²) in [5.74, 6) is -0.494. The first-order chi connectivity index (χ1) is 8.81. The van der Waals surface area contributed by atoms with Crippen LogP contribution in [0.3, 0.4) is 0 Å². The summed E-state index contributed by atoms with van der Waals surface area (Å²) < 4.78 is 4.86. The van der Waals surface area contributed by atoms with Gasteiger partial charge in [-0.05, 0) is 24.3 Å². The van der Waals surface area contributed by atoms with Gasteiger partial charge in [-0.15, -0.1) is 0 Å². The van der Waals surface area contributed by atoms with E-state index in [1.54, 1.807) is 24.3 Å². The highest BCUT2D eigenvalue weighted by Gasteiger charge is 1.97. The Hall–Kier alpha value is -1.26. The molecule has 0 aliphatic heterocycles. The molecule has 0 saturated heterocycles. The molecular weight excluding hydrogens is 266 g/mol. The van der Waals surface area contributed by atoms with Crippen LogP contribution in [0, 0.1) is 0 Å². The molecule has 4 nitrogen and oxygen atoms in total. The van der Waals surface area contributed by atoms with Gasteiger partial charge in [0.15, 0.2) is 6.61 Å². The number of carbonyl (C=O) groups is 1. The third-order valence-corrected chi connectivity index (χ3v) is 2.09. The van der Waals surface area contributed by atoms with Crippen molar-refractivity contribution in [1.29, 1.82) is 0 Å². The molecule has 0 fully saturated rings. The molecule has 2 N–H and O–H groups in total. The van der Waals surface area contributed by atoms with Gasteiger partial charge in [-0.2, -0.15) is 0 Å². The Morgan fingerprint density at radius 1 is 1.21 bits per heavy atom. The number of rotatable bonds is 5. The van der Waals surface area contributed by atoms with Crippen molar-refractivity contribution in [2.75, 3.05) is 6.61 Å². The second kappa shape index (κ2) is 9.64. The maximum Gasteiger partial charge on any atom is 0.341 e. The summed E-state index contributed by atoms with van der Waals surface area (Å²) in [6.07, 6.45) is 0. The van der Waals surface area contributed by atoms with Crippen LogP contribution in [-0.4, -0.2) is 29.8 Å². The quantitative estimate of drug-likeness (QED) is 0.873. The minimum absolute atomic E-state index is 0.332. The molecule has 0 atom stereocenters. The molecule has 0 aliphatic carbocycles. The highest BCUT2D eigenvalue weighted by molar-refractivity contribution is 6.30. The third-order valence-electron chi connectivity index (χ3n) is 1.84. The van der Waals surface area contributed by atoms with Gasteiger partial charge in [-0.25, -0.2) is 4.79 Å². The number of benzene rings is 1. The maximum absolute atomic E-state index is 10.1. The fraction of sp³-hybridized carbons (Fsp3) is 0.500. The summed E-state index contributed by atoms with van der Waals surface area (Å²) in [7, 11) is 0. The minimum atomic E-state index is -0.995. The largest absolute Gasteiger partial charge is 0.482 e. The standard InChI is InChI=1S/C8H7ClO3.C6H15N/c9-6-1-3-7(4-2-6)12-5-8(10)11;1-5(2)7-6(3)4/h1-4H,5H2,(H,10,11);5-7H,1-4H3. The summed E-state index contributed by atoms with van der Waals surface area (Å²) >= 11 is 5.60. The predicted octanol–water partition coefficient (Wildman–Crippen LogP) is 3.20. The first-order valence-electron chi connectivity index (χ1n) is 6.17. The number of hydrogen-bond acceptors (Lipinski definition) is 3. The molecule has 19 heavy (non-hydrogen) atoms. The summed E-state index contributed by atoms with van der Waals surface area (Å²) in [4.78, 5) is 10.1. The Bertz CT molecular complexity index is 357. The Labute approximate surface area is 119 Å². The third kappa shape index (κ3) is 11.6. The Morgan fingerprint density at radius 2 is 1.68 bits per heavy atom. The Kier molecular flexibility index (Phi) is 9.00. The normalized spacial score (nSPS) is 10.1. The molecule has 0 spiro atoms. The van der Waals surface area contributed by atoms with Crippen LogP contribution < -0.4 is 10.1 Å². The zero-order valence-electron chi connectivity index (χ0n) is 11.8. The van der Waals surface area contributed by atoms with Crippen molar-refractivity contribution in [2.24, 2.45) is 0 Å². The average molecular weight is 288 g/mol. The van der Waals surface area contributed by atoms with Crippen molar-refractivity contribution in [2.45, 2.75) is 39.8 Å². The number of carboxylic acid groups (broad SMARTS) is 1. The second-order valence-electron chi connectivity index (χ2n) is 4.61. The molecule has 0 heterocycles. The molecule has 1 rings (SSSR count). The van der Waals surface area contributed by atoms with Gasteiger partial charge in [0, 0.05) is 17.1 Å². The van der Waals surface area contributed by atoms with Crippen LogP contribution in [0.2, 0.25) is 5.02 Å². The summed E-state index contributed by atoms with van der Waals surface area (Å²) in [5.41, 5.74) is 0. The van der Waals surface area contributed by atoms with Crippen LogP contribution >= 0.6 is 11.6 Å². The van der Waals surface area contributed by atoms with Crippen molar-refractivity contribution in [3.05, 3.63) is 29.3 Å². The molecule has 0 amide bonds. The number of carboxylic acids is 1. The van der Waals surface area contributed by atoms with Crippen molar-refractivity contribution in [1.82, 2.24) is 5.32 Å². The smallest absolute Gasteiger partial charge is 0.341 e. The molecule has 5 heteroatoms. The van der Waals surface area contributed by atoms with Crippen molar-refractivity contribution >= 4 is 17.6 Å². The van der Waals surface area contributed by atoms with Crippen LogP contribution in [0.15, 0.2) is 24.3 Å². The highest BCUT2D eigenvalue weighted by atomic mass is 35.5. The van der Waals surface area contributed by atoms with Gasteiger partial charge in [0.05, 0.1) is 0 Å². The zero-order chi connectivity index (χ0) is 14.8. The van der Waals surface area contributed by atoms with E-state index in [0.717, 1.165) is 0 Å². The summed E-state index contributed by atoms with van der Waals surface area (Å²) in [5, 5.41) is 12.2. The highest BCUT2D eigenvalue weighted by Crippen LogP contribution is 2.15. The van der Waals surface area contributed by atoms with Crippen LogP contribution in [0.25, 0.3) is 0 Å². The summed E-state index contributed by atoms with van der Waals surface area (Å²) in [6.45, 7) is 8.28. The molecule has 1 aromatic carbocycles. The van der Waals surface area contributed by atoms with E-state index < -0.39 is 5.97 Å². The van der Waals surface area contributed by atoms with E-state index in [1.807, 2.05) is 0 Å². The maximum atomic E-state index is 10.1. The van der Waals surface area contributed by atoms with Gasteiger partial charge in [0.25, 0.3) is 0 Å². The molecule has 0 bridgehead atoms. The molecule has 0 radical (unpaired) electrons. The summed E-state index contributed by atoms with van der Waals surface area (Å²) in [6, 6.07) is 7.76. The number of ether oxygens (including phenoxy) is 1. The van der Waals surface area contributed by atoms with E-state index >= 15 is 0 Å². The van der Waals surface area contributed by atoms with Crippen molar-refractivity contribution < 1.29 is 14.6 Å². The number of nitrogens with one attached hydrogen (secondary N) is 1. The average Bonchev–Trinajstić information content (AvgIpc) is 2.27. The SMILES string of the molecule is CC(C)NC(C)C.O=C(O)COc1ccc(Cl)cc1. The fourth-order valence-corrected chi connectivity index (χ4v) is 1.47. The van der Waals surface area contributed by atoms with Crippen LogP contribution in [0.5, 0.6) is 5.75 Å². The molecule has 0 aliphatic rings. The van der Waals surface area contributed by atoms with E-state index in [2.05, 4.69) is 33.0 Å². The predicted molar refractivity (Wildman–Crippen MR) is 78.0 cm³/mol. The molecule has 0 aromatic heterocycles. The van der Waals surface area contributed by atoms with E-state index in [4.69, 9.17) is 21.4 Å². The van der Waals surface area contributed by atoms with Crippen molar-refractivity contribution in [3.8, 4) is 5.75 Å². The monoisotopic (exact) mass is 287 g/mol. The molecular formula is C14H22ClNO3. The van der Waals surface area contributed by atoms with Gasteiger partial charge in [-0.1, -0.05) is 39.3 Å². The fourth-order valence-electron chi connectivity index (χ4n) is 1.34. The zero-order valence-corrected chi connectivity index (χ0v) is 12.6. The van der Waals surface area contributed by atoms with E-state index in [-0.39, 0.29) is 6.61 Å². The molecule has 0 saturated carbocycles. The first kappa shape index (κ1) is 17.7. The molecule has 1 aromatic rings. The Balaban J connectivity index is 0.000000399. The lowest BCUT2D eigenvalue weighted by atomic mass is 10.3. The minimum Gasteiger partial charge on any atom is -0.482 e.